The highest BCUT2D eigenvalue weighted by molar-refractivity contribution is 7.98. The summed E-state index contributed by atoms with van der Waals surface area (Å²) in [6.07, 6.45) is 3.28. The number of aromatic nitrogens is 1. The lowest BCUT2D eigenvalue weighted by Crippen LogP contribution is -1.90. The maximum absolute atomic E-state index is 13.2. The maximum atomic E-state index is 13.2. The average molecular weight is 269 g/mol. The predicted octanol–water partition coefficient (Wildman–Crippen LogP) is 3.75. The first-order valence-electron chi connectivity index (χ1n) is 4.93. The molecular weight excluding hydrogens is 259 g/mol. The van der Waals surface area contributed by atoms with Crippen molar-refractivity contribution in [2.45, 2.75) is 10.6 Å². The minimum absolute atomic E-state index is 0.163. The third-order valence-corrected chi connectivity index (χ3v) is 3.61. The molecule has 0 aliphatic rings. The van der Waals surface area contributed by atoms with Gasteiger partial charge >= 0.3 is 0 Å². The number of nitrogens with two attached hydrogens (primary N) is 1. The minimum atomic E-state index is -0.393. The Morgan fingerprint density at radius 2 is 2.18 bits per heavy atom. The normalized spacial score (nSPS) is 10.5. The molecule has 0 fully saturated rings. The van der Waals surface area contributed by atoms with E-state index in [-0.39, 0.29) is 5.69 Å². The van der Waals surface area contributed by atoms with Gasteiger partial charge in [-0.25, -0.2) is 4.39 Å². The zero-order valence-electron chi connectivity index (χ0n) is 8.86. The molecule has 0 unspecified atom stereocenters. The van der Waals surface area contributed by atoms with E-state index in [9.17, 15) is 4.39 Å². The van der Waals surface area contributed by atoms with Crippen LogP contribution in [0.25, 0.3) is 0 Å². The van der Waals surface area contributed by atoms with Crippen molar-refractivity contribution in [3.05, 3.63) is 53.1 Å². The predicted molar refractivity (Wildman–Crippen MR) is 69.6 cm³/mol. The van der Waals surface area contributed by atoms with Crippen LogP contribution < -0.4 is 5.73 Å². The summed E-state index contributed by atoms with van der Waals surface area (Å²) in [5, 5.41) is 0.621. The van der Waals surface area contributed by atoms with E-state index in [2.05, 4.69) is 4.98 Å². The molecule has 17 heavy (non-hydrogen) atoms. The number of thioether (sulfide) groups is 1. The first-order chi connectivity index (χ1) is 8.16. The fraction of sp³-hybridized carbons (Fsp3) is 0.0833. The van der Waals surface area contributed by atoms with Crippen LogP contribution in [0.15, 0.2) is 41.6 Å². The van der Waals surface area contributed by atoms with Crippen LogP contribution in [0.4, 0.5) is 10.1 Å². The van der Waals surface area contributed by atoms with Crippen LogP contribution in [0, 0.1) is 5.82 Å². The summed E-state index contributed by atoms with van der Waals surface area (Å²) < 4.78 is 13.2. The fourth-order valence-corrected chi connectivity index (χ4v) is 2.47. The van der Waals surface area contributed by atoms with Crippen LogP contribution in [0.5, 0.6) is 0 Å². The number of hydrogen-bond acceptors (Lipinski definition) is 3. The van der Waals surface area contributed by atoms with Gasteiger partial charge in [0, 0.05) is 23.0 Å². The third-order valence-electron chi connectivity index (χ3n) is 2.22. The molecule has 0 amide bonds. The summed E-state index contributed by atoms with van der Waals surface area (Å²) in [6, 6.07) is 6.63. The highest BCUT2D eigenvalue weighted by Crippen LogP contribution is 2.27. The van der Waals surface area contributed by atoms with Gasteiger partial charge < -0.3 is 5.73 Å². The van der Waals surface area contributed by atoms with Gasteiger partial charge in [-0.1, -0.05) is 11.6 Å². The molecule has 2 aromatic rings. The molecule has 0 spiro atoms. The zero-order chi connectivity index (χ0) is 12.3. The van der Waals surface area contributed by atoms with Gasteiger partial charge in [0.05, 0.1) is 10.7 Å². The molecule has 1 aromatic carbocycles. The summed E-state index contributed by atoms with van der Waals surface area (Å²) in [5.41, 5.74) is 6.55. The molecule has 0 aliphatic carbocycles. The van der Waals surface area contributed by atoms with Crippen LogP contribution in [-0.2, 0) is 5.75 Å². The maximum Gasteiger partial charge on any atom is 0.147 e. The highest BCUT2D eigenvalue weighted by Gasteiger charge is 2.03. The van der Waals surface area contributed by atoms with E-state index < -0.39 is 5.82 Å². The minimum Gasteiger partial charge on any atom is -0.396 e. The van der Waals surface area contributed by atoms with E-state index in [1.807, 2.05) is 6.07 Å². The molecule has 88 valence electrons. The molecule has 0 saturated carbocycles. The molecule has 0 atom stereocenters. The summed E-state index contributed by atoms with van der Waals surface area (Å²) >= 11 is 7.48. The van der Waals surface area contributed by atoms with Crippen molar-refractivity contribution in [1.82, 2.24) is 4.98 Å². The number of anilines is 1. The van der Waals surface area contributed by atoms with Gasteiger partial charge in [0.25, 0.3) is 0 Å². The van der Waals surface area contributed by atoms with Crippen LogP contribution in [-0.4, -0.2) is 4.98 Å². The number of halogens is 2. The van der Waals surface area contributed by atoms with E-state index in [4.69, 9.17) is 17.3 Å². The topological polar surface area (TPSA) is 38.9 Å². The van der Waals surface area contributed by atoms with E-state index >= 15 is 0 Å². The number of benzene rings is 1. The third kappa shape index (κ3) is 3.11. The Morgan fingerprint density at radius 1 is 1.35 bits per heavy atom. The van der Waals surface area contributed by atoms with Crippen LogP contribution in [0.1, 0.15) is 5.56 Å². The molecule has 1 aromatic heterocycles. The average Bonchev–Trinajstić information content (AvgIpc) is 2.32. The van der Waals surface area contributed by atoms with Gasteiger partial charge in [-0.3, -0.25) is 4.98 Å². The number of nitrogen functional groups attached to an aromatic ring is 1. The van der Waals surface area contributed by atoms with E-state index in [0.717, 1.165) is 10.5 Å². The lowest BCUT2D eigenvalue weighted by molar-refractivity contribution is 0.629. The lowest BCUT2D eigenvalue weighted by Gasteiger charge is -2.04. The van der Waals surface area contributed by atoms with Crippen molar-refractivity contribution in [1.29, 1.82) is 0 Å². The smallest absolute Gasteiger partial charge is 0.147 e. The van der Waals surface area contributed by atoms with Crippen molar-refractivity contribution in [3.8, 4) is 0 Å². The second kappa shape index (κ2) is 5.38. The van der Waals surface area contributed by atoms with Crippen molar-refractivity contribution < 1.29 is 4.39 Å². The molecule has 5 heteroatoms. The Hall–Kier alpha value is -1.26. The van der Waals surface area contributed by atoms with Gasteiger partial charge in [-0.2, -0.15) is 0 Å². The molecule has 2 nitrogen and oxygen atoms in total. The summed E-state index contributed by atoms with van der Waals surface area (Å²) in [6.45, 7) is 0. The van der Waals surface area contributed by atoms with Crippen LogP contribution in [0.3, 0.4) is 0 Å². The Bertz CT molecular complexity index is 534. The molecule has 0 saturated heterocycles. The molecule has 1 heterocycles. The van der Waals surface area contributed by atoms with Gasteiger partial charge in [0.1, 0.15) is 5.82 Å². The van der Waals surface area contributed by atoms with Gasteiger partial charge in [-0.15, -0.1) is 11.8 Å². The van der Waals surface area contributed by atoms with Gasteiger partial charge in [0.15, 0.2) is 0 Å². The number of pyridine rings is 1. The SMILES string of the molecule is Nc1ccc(SCc2ccncc2Cl)cc1F. The van der Waals surface area contributed by atoms with Gasteiger partial charge in [0.2, 0.25) is 0 Å². The monoisotopic (exact) mass is 268 g/mol. The van der Waals surface area contributed by atoms with E-state index in [1.165, 1.54) is 17.8 Å². The Balaban J connectivity index is 2.08. The molecule has 0 aliphatic heterocycles. The summed E-state index contributed by atoms with van der Waals surface area (Å²) in [4.78, 5) is 4.73. The molecule has 0 radical (unpaired) electrons. The van der Waals surface area contributed by atoms with Crippen molar-refractivity contribution in [2.24, 2.45) is 0 Å². The van der Waals surface area contributed by atoms with Crippen molar-refractivity contribution >= 4 is 29.1 Å². The lowest BCUT2D eigenvalue weighted by atomic mass is 10.3. The number of nitrogens with zero attached hydrogens (tertiary/aromatic N) is 1. The number of rotatable bonds is 3. The molecule has 2 N–H and O–H groups in total. The largest absolute Gasteiger partial charge is 0.396 e. The van der Waals surface area contributed by atoms with Crippen LogP contribution >= 0.6 is 23.4 Å². The summed E-state index contributed by atoms with van der Waals surface area (Å²) in [5.74, 6) is 0.279. The molecule has 0 bridgehead atoms. The van der Waals surface area contributed by atoms with Crippen LogP contribution in [0.2, 0.25) is 5.02 Å². The zero-order valence-corrected chi connectivity index (χ0v) is 10.4. The number of hydrogen-bond donors (Lipinski definition) is 1. The Morgan fingerprint density at radius 3 is 2.88 bits per heavy atom. The van der Waals surface area contributed by atoms with Crippen molar-refractivity contribution in [3.63, 3.8) is 0 Å². The Labute approximate surface area is 108 Å². The molecule has 2 rings (SSSR count). The van der Waals surface area contributed by atoms with E-state index in [0.29, 0.717) is 10.8 Å². The standard InChI is InChI=1S/C12H10ClFN2S/c13-10-6-16-4-3-8(10)7-17-9-1-2-12(15)11(14)5-9/h1-6H,7,15H2. The molecular formula is C12H10ClFN2S. The quantitative estimate of drug-likeness (QED) is 0.681. The van der Waals surface area contributed by atoms with Gasteiger partial charge in [-0.05, 0) is 29.8 Å². The first kappa shape index (κ1) is 12.2. The second-order valence-corrected chi connectivity index (χ2v) is 4.90. The fourth-order valence-electron chi connectivity index (χ4n) is 1.28. The van der Waals surface area contributed by atoms with E-state index in [1.54, 1.807) is 24.5 Å². The second-order valence-electron chi connectivity index (χ2n) is 3.44. The highest BCUT2D eigenvalue weighted by atomic mass is 35.5. The first-order valence-corrected chi connectivity index (χ1v) is 6.29. The summed E-state index contributed by atoms with van der Waals surface area (Å²) in [7, 11) is 0. The van der Waals surface area contributed by atoms with Crippen molar-refractivity contribution in [2.75, 3.05) is 5.73 Å². The Kier molecular flexibility index (Phi) is 3.86.